The fourth-order valence-corrected chi connectivity index (χ4v) is 4.16. The van der Waals surface area contributed by atoms with Gasteiger partial charge in [-0.05, 0) is 43.0 Å². The molecule has 1 fully saturated rings. The topological polar surface area (TPSA) is 55.1 Å². The van der Waals surface area contributed by atoms with Gasteiger partial charge in [0.1, 0.15) is 5.82 Å². The first kappa shape index (κ1) is 13.9. The molecule has 3 N–H and O–H groups in total. The van der Waals surface area contributed by atoms with Crippen molar-refractivity contribution in [3.63, 3.8) is 0 Å². The molecule has 1 saturated carbocycles. The second kappa shape index (κ2) is 5.37. The van der Waals surface area contributed by atoms with Gasteiger partial charge in [-0.15, -0.1) is 11.8 Å². The largest absolute Gasteiger partial charge is 0.348 e. The number of rotatable bonds is 2. The highest BCUT2D eigenvalue weighted by Gasteiger charge is 2.38. The normalized spacial score (nSPS) is 24.2. The maximum absolute atomic E-state index is 13.4. The molecular weight excluding hydrogens is 275 g/mol. The predicted octanol–water partition coefficient (Wildman–Crippen LogP) is 2.75. The Labute approximate surface area is 122 Å². The molecule has 3 nitrogen and oxygen atoms in total. The van der Waals surface area contributed by atoms with Crippen molar-refractivity contribution in [2.75, 3.05) is 5.75 Å². The smallest absolute Gasteiger partial charge is 0.240 e. The molecule has 1 aromatic rings. The molecule has 1 unspecified atom stereocenters. The van der Waals surface area contributed by atoms with Gasteiger partial charge in [0.05, 0.1) is 11.6 Å². The number of nitrogens with two attached hydrogens (primary N) is 1. The summed E-state index contributed by atoms with van der Waals surface area (Å²) in [4.78, 5) is 13.4. The third-order valence-electron chi connectivity index (χ3n) is 4.26. The van der Waals surface area contributed by atoms with Crippen molar-refractivity contribution in [1.29, 1.82) is 0 Å². The number of carbonyl (C=O) groups is 1. The zero-order chi connectivity index (χ0) is 14.2. The van der Waals surface area contributed by atoms with Crippen LogP contribution in [0.2, 0.25) is 0 Å². The summed E-state index contributed by atoms with van der Waals surface area (Å²) in [6.07, 6.45) is 4.33. The van der Waals surface area contributed by atoms with E-state index in [9.17, 15) is 9.18 Å². The molecule has 0 aromatic heterocycles. The van der Waals surface area contributed by atoms with Crippen LogP contribution in [0.25, 0.3) is 0 Å². The molecule has 0 spiro atoms. The summed E-state index contributed by atoms with van der Waals surface area (Å²) < 4.78 is 13.4. The number of thioether (sulfide) groups is 1. The summed E-state index contributed by atoms with van der Waals surface area (Å²) in [6, 6.07) is 4.68. The molecule has 1 aliphatic heterocycles. The van der Waals surface area contributed by atoms with Crippen LogP contribution in [0.15, 0.2) is 23.1 Å². The number of halogens is 1. The van der Waals surface area contributed by atoms with E-state index < -0.39 is 5.54 Å². The van der Waals surface area contributed by atoms with Crippen molar-refractivity contribution in [2.24, 2.45) is 5.73 Å². The lowest BCUT2D eigenvalue weighted by molar-refractivity contribution is -0.127. The Morgan fingerprint density at radius 3 is 2.90 bits per heavy atom. The van der Waals surface area contributed by atoms with Gasteiger partial charge in [-0.2, -0.15) is 0 Å². The minimum absolute atomic E-state index is 0.0814. The van der Waals surface area contributed by atoms with E-state index in [1.54, 1.807) is 17.8 Å². The van der Waals surface area contributed by atoms with Crippen LogP contribution in [0.1, 0.15) is 43.7 Å². The van der Waals surface area contributed by atoms with Crippen LogP contribution in [0.4, 0.5) is 4.39 Å². The zero-order valence-corrected chi connectivity index (χ0v) is 12.1. The number of carbonyl (C=O) groups excluding carboxylic acids is 1. The first-order chi connectivity index (χ1) is 9.58. The summed E-state index contributed by atoms with van der Waals surface area (Å²) in [7, 11) is 0. The third kappa shape index (κ3) is 2.56. The van der Waals surface area contributed by atoms with Gasteiger partial charge in [0.2, 0.25) is 5.91 Å². The average Bonchev–Trinajstić information content (AvgIpc) is 2.88. The van der Waals surface area contributed by atoms with Crippen molar-refractivity contribution >= 4 is 17.7 Å². The number of hydrogen-bond acceptors (Lipinski definition) is 3. The molecular formula is C15H19FN2OS. The molecule has 1 aliphatic carbocycles. The summed E-state index contributed by atoms with van der Waals surface area (Å²) in [5, 5.41) is 3.04. The van der Waals surface area contributed by atoms with E-state index in [-0.39, 0.29) is 17.8 Å². The summed E-state index contributed by atoms with van der Waals surface area (Å²) in [5.41, 5.74) is 6.34. The highest BCUT2D eigenvalue weighted by atomic mass is 32.2. The van der Waals surface area contributed by atoms with E-state index in [1.807, 2.05) is 0 Å². The summed E-state index contributed by atoms with van der Waals surface area (Å²) >= 11 is 1.71. The third-order valence-corrected chi connectivity index (χ3v) is 5.39. The predicted molar refractivity (Wildman–Crippen MR) is 78.0 cm³/mol. The van der Waals surface area contributed by atoms with Crippen molar-refractivity contribution in [1.82, 2.24) is 5.32 Å². The fraction of sp³-hybridized carbons (Fsp3) is 0.533. The highest BCUT2D eigenvalue weighted by Crippen LogP contribution is 2.37. The van der Waals surface area contributed by atoms with Gasteiger partial charge in [-0.1, -0.05) is 12.8 Å². The molecule has 20 heavy (non-hydrogen) atoms. The van der Waals surface area contributed by atoms with E-state index >= 15 is 0 Å². The van der Waals surface area contributed by atoms with Gasteiger partial charge in [-0.25, -0.2) is 4.39 Å². The second-order valence-corrected chi connectivity index (χ2v) is 6.85. The van der Waals surface area contributed by atoms with E-state index in [2.05, 4.69) is 5.32 Å². The minimum Gasteiger partial charge on any atom is -0.348 e. The molecule has 0 bridgehead atoms. The molecule has 1 amide bonds. The molecule has 1 atom stereocenters. The van der Waals surface area contributed by atoms with E-state index in [4.69, 9.17) is 5.73 Å². The van der Waals surface area contributed by atoms with Crippen molar-refractivity contribution in [3.05, 3.63) is 29.6 Å². The van der Waals surface area contributed by atoms with Crippen LogP contribution in [0, 0.1) is 5.82 Å². The van der Waals surface area contributed by atoms with Crippen molar-refractivity contribution < 1.29 is 9.18 Å². The van der Waals surface area contributed by atoms with Gasteiger partial charge >= 0.3 is 0 Å². The lowest BCUT2D eigenvalue weighted by Gasteiger charge is -2.30. The quantitative estimate of drug-likeness (QED) is 0.882. The van der Waals surface area contributed by atoms with Crippen molar-refractivity contribution in [3.8, 4) is 0 Å². The van der Waals surface area contributed by atoms with Gasteiger partial charge < -0.3 is 11.1 Å². The zero-order valence-electron chi connectivity index (χ0n) is 11.3. The van der Waals surface area contributed by atoms with Crippen LogP contribution in [-0.2, 0) is 4.79 Å². The van der Waals surface area contributed by atoms with E-state index in [1.165, 1.54) is 12.1 Å². The van der Waals surface area contributed by atoms with E-state index in [0.717, 1.165) is 48.3 Å². The number of fused-ring (bicyclic) bond motifs is 1. The Morgan fingerprint density at radius 1 is 1.40 bits per heavy atom. The van der Waals surface area contributed by atoms with Crippen LogP contribution < -0.4 is 11.1 Å². The Morgan fingerprint density at radius 2 is 2.15 bits per heavy atom. The van der Waals surface area contributed by atoms with Gasteiger partial charge in [-0.3, -0.25) is 4.79 Å². The molecule has 0 radical (unpaired) electrons. The maximum Gasteiger partial charge on any atom is 0.240 e. The Bertz CT molecular complexity index is 529. The number of hydrogen-bond donors (Lipinski definition) is 2. The Hall–Kier alpha value is -1.07. The molecule has 1 aromatic carbocycles. The van der Waals surface area contributed by atoms with Crippen LogP contribution in [-0.4, -0.2) is 17.2 Å². The molecule has 3 rings (SSSR count). The molecule has 108 valence electrons. The minimum atomic E-state index is -0.724. The second-order valence-electron chi connectivity index (χ2n) is 5.71. The number of amides is 1. The van der Waals surface area contributed by atoms with Crippen LogP contribution in [0.5, 0.6) is 0 Å². The SMILES string of the molecule is NC1(C(=O)NC2CCSc3ccc(F)cc32)CCCC1. The highest BCUT2D eigenvalue weighted by molar-refractivity contribution is 7.99. The van der Waals surface area contributed by atoms with Gasteiger partial charge in [0, 0.05) is 10.6 Å². The maximum atomic E-state index is 13.4. The van der Waals surface area contributed by atoms with Gasteiger partial charge in [0.25, 0.3) is 0 Å². The van der Waals surface area contributed by atoms with Crippen LogP contribution in [0.3, 0.4) is 0 Å². The number of nitrogens with one attached hydrogen (secondary N) is 1. The van der Waals surface area contributed by atoms with Crippen LogP contribution >= 0.6 is 11.8 Å². The average molecular weight is 294 g/mol. The molecule has 2 aliphatic rings. The summed E-state index contributed by atoms with van der Waals surface area (Å²) in [6.45, 7) is 0. The summed E-state index contributed by atoms with van der Waals surface area (Å²) in [5.74, 6) is 0.595. The first-order valence-electron chi connectivity index (χ1n) is 7.11. The lowest BCUT2D eigenvalue weighted by Crippen LogP contribution is -2.52. The fourth-order valence-electron chi connectivity index (χ4n) is 3.05. The number of benzene rings is 1. The molecule has 5 heteroatoms. The molecule has 0 saturated heterocycles. The lowest BCUT2D eigenvalue weighted by atomic mass is 9.96. The van der Waals surface area contributed by atoms with Crippen molar-refractivity contribution in [2.45, 2.75) is 48.6 Å². The monoisotopic (exact) mass is 294 g/mol. The Kier molecular flexibility index (Phi) is 3.73. The van der Waals surface area contributed by atoms with E-state index in [0.29, 0.717) is 0 Å². The standard InChI is InChI=1S/C15H19FN2OS/c16-10-3-4-13-11(9-10)12(5-8-20-13)18-14(19)15(17)6-1-2-7-15/h3-4,9,12H,1-2,5-8,17H2,(H,18,19). The molecule has 1 heterocycles. The first-order valence-corrected chi connectivity index (χ1v) is 8.09. The van der Waals surface area contributed by atoms with Gasteiger partial charge in [0.15, 0.2) is 0 Å². The Balaban J connectivity index is 1.79.